The highest BCUT2D eigenvalue weighted by atomic mass is 16.7. The zero-order chi connectivity index (χ0) is 33.5. The van der Waals surface area contributed by atoms with E-state index in [4.69, 9.17) is 13.9 Å². The molecule has 18 nitrogen and oxygen atoms in total. The van der Waals surface area contributed by atoms with Crippen LogP contribution in [0.5, 0.6) is 28.7 Å². The van der Waals surface area contributed by atoms with Crippen molar-refractivity contribution >= 4 is 11.0 Å². The summed E-state index contributed by atoms with van der Waals surface area (Å²) in [6.45, 7) is -0.116. The average molecular weight is 643 g/mol. The van der Waals surface area contributed by atoms with E-state index in [-0.39, 0.29) is 5.56 Å². The Morgan fingerprint density at radius 1 is 0.822 bits per heavy atom. The van der Waals surface area contributed by atoms with Crippen molar-refractivity contribution in [2.75, 3.05) is 6.61 Å². The van der Waals surface area contributed by atoms with Crippen LogP contribution in [0.15, 0.2) is 33.5 Å². The molecule has 3 heterocycles. The number of phenols is 4. The predicted octanol–water partition coefficient (Wildman–Crippen LogP) is -3.83. The molecule has 10 atom stereocenters. The Balaban J connectivity index is 1.82. The highest BCUT2D eigenvalue weighted by Gasteiger charge is 2.79. The molecule has 14 N–H and O–H groups in total. The molecule has 2 unspecified atom stereocenters. The van der Waals surface area contributed by atoms with Gasteiger partial charge in [-0.05, 0) is 25.1 Å². The lowest BCUT2D eigenvalue weighted by molar-refractivity contribution is -0.470. The molecular weight excluding hydrogens is 612 g/mol. The molecule has 2 aromatic carbocycles. The highest BCUT2D eigenvalue weighted by Crippen LogP contribution is 2.57. The van der Waals surface area contributed by atoms with Gasteiger partial charge in [0.1, 0.15) is 53.0 Å². The van der Waals surface area contributed by atoms with Gasteiger partial charge in [-0.15, -0.1) is 0 Å². The molecule has 0 amide bonds. The lowest BCUT2D eigenvalue weighted by Crippen LogP contribution is -2.86. The summed E-state index contributed by atoms with van der Waals surface area (Å²) in [4.78, 5) is 13.3. The molecule has 18 heteroatoms. The summed E-state index contributed by atoms with van der Waals surface area (Å²) in [5, 5.41) is 150. The SMILES string of the molecule is C[C@@H]1OC(O)[C@@](O)([C@]2(O)[C@@H](O)[C@H](O)[C@@H](CO)OC2(O)c2c(O)cc3oc(-c4ccc(O)c(O)c4)c(O)c(=O)c3c2O)[C@H](O)[C@H]1O. The molecular formula is C27H30O18. The quantitative estimate of drug-likeness (QED) is 0.121. The fourth-order valence-corrected chi connectivity index (χ4v) is 5.90. The summed E-state index contributed by atoms with van der Waals surface area (Å²) < 4.78 is 15.7. The largest absolute Gasteiger partial charge is 0.507 e. The maximum atomic E-state index is 13.3. The minimum absolute atomic E-state index is 0.174. The zero-order valence-electron chi connectivity index (χ0n) is 23.0. The first kappa shape index (κ1) is 32.6. The molecule has 0 saturated carbocycles. The third-order valence-corrected chi connectivity index (χ3v) is 8.43. The van der Waals surface area contributed by atoms with Gasteiger partial charge in [-0.2, -0.15) is 0 Å². The first-order valence-corrected chi connectivity index (χ1v) is 13.2. The van der Waals surface area contributed by atoms with Gasteiger partial charge in [0, 0.05) is 11.6 Å². The molecule has 1 aromatic heterocycles. The highest BCUT2D eigenvalue weighted by molar-refractivity contribution is 5.90. The second-order valence-electron chi connectivity index (χ2n) is 10.9. The summed E-state index contributed by atoms with van der Waals surface area (Å²) >= 11 is 0. The van der Waals surface area contributed by atoms with Crippen molar-refractivity contribution in [1.82, 2.24) is 0 Å². The maximum absolute atomic E-state index is 13.3. The number of hydrogen-bond donors (Lipinski definition) is 14. The number of aromatic hydroxyl groups is 5. The van der Waals surface area contributed by atoms with Gasteiger partial charge in [0.05, 0.1) is 18.3 Å². The fraction of sp³-hybridized carbons (Fsp3) is 0.444. The summed E-state index contributed by atoms with van der Waals surface area (Å²) in [5.41, 5.74) is -11.8. The van der Waals surface area contributed by atoms with Gasteiger partial charge >= 0.3 is 0 Å². The van der Waals surface area contributed by atoms with Crippen LogP contribution in [-0.2, 0) is 15.3 Å². The van der Waals surface area contributed by atoms with E-state index in [2.05, 4.69) is 0 Å². The Morgan fingerprint density at radius 3 is 2.07 bits per heavy atom. The molecule has 5 rings (SSSR count). The van der Waals surface area contributed by atoms with Crippen LogP contribution in [0.1, 0.15) is 12.5 Å². The Kier molecular flexibility index (Phi) is 7.71. The maximum Gasteiger partial charge on any atom is 0.238 e. The van der Waals surface area contributed by atoms with Crippen LogP contribution < -0.4 is 5.43 Å². The van der Waals surface area contributed by atoms with Gasteiger partial charge in [0.25, 0.3) is 0 Å². The summed E-state index contributed by atoms with van der Waals surface area (Å²) in [6.07, 6.45) is -16.6. The molecule has 3 aromatic rings. The molecule has 0 aliphatic carbocycles. The van der Waals surface area contributed by atoms with Crippen molar-refractivity contribution in [2.24, 2.45) is 0 Å². The van der Waals surface area contributed by atoms with Gasteiger partial charge in [0.2, 0.25) is 17.0 Å². The molecule has 0 radical (unpaired) electrons. The van der Waals surface area contributed by atoms with Gasteiger partial charge in [0.15, 0.2) is 34.8 Å². The second-order valence-corrected chi connectivity index (χ2v) is 10.9. The minimum Gasteiger partial charge on any atom is -0.507 e. The molecule has 45 heavy (non-hydrogen) atoms. The Labute approximate surface area is 250 Å². The van der Waals surface area contributed by atoms with Gasteiger partial charge in [-0.1, -0.05) is 0 Å². The smallest absolute Gasteiger partial charge is 0.238 e. The van der Waals surface area contributed by atoms with E-state index in [0.29, 0.717) is 6.07 Å². The minimum atomic E-state index is -4.11. The Bertz CT molecular complexity index is 1710. The molecule has 246 valence electrons. The number of benzene rings is 2. The molecule has 2 aliphatic heterocycles. The molecule has 2 saturated heterocycles. The van der Waals surface area contributed by atoms with Crippen LogP contribution in [-0.4, -0.2) is 132 Å². The van der Waals surface area contributed by atoms with Crippen LogP contribution in [0.4, 0.5) is 0 Å². The number of aliphatic hydroxyl groups excluding tert-OH is 6. The number of hydrogen-bond acceptors (Lipinski definition) is 18. The third-order valence-electron chi connectivity index (χ3n) is 8.43. The van der Waals surface area contributed by atoms with Gasteiger partial charge in [-0.25, -0.2) is 0 Å². The number of rotatable bonds is 4. The Hall–Kier alpha value is -3.79. The normalized spacial score (nSPS) is 37.2. The van der Waals surface area contributed by atoms with Crippen LogP contribution in [0, 0.1) is 0 Å². The van der Waals surface area contributed by atoms with E-state index in [1.54, 1.807) is 0 Å². The summed E-state index contributed by atoms with van der Waals surface area (Å²) in [7, 11) is 0. The first-order chi connectivity index (χ1) is 20.9. The van der Waals surface area contributed by atoms with Crippen molar-refractivity contribution in [3.05, 3.63) is 40.1 Å². The van der Waals surface area contributed by atoms with E-state index in [9.17, 15) is 76.3 Å². The first-order valence-electron chi connectivity index (χ1n) is 13.2. The monoisotopic (exact) mass is 642 g/mol. The van der Waals surface area contributed by atoms with Crippen LogP contribution in [0.2, 0.25) is 0 Å². The van der Waals surface area contributed by atoms with Gasteiger partial charge in [-0.3, -0.25) is 4.79 Å². The van der Waals surface area contributed by atoms with Gasteiger partial charge < -0.3 is 85.4 Å². The van der Waals surface area contributed by atoms with Crippen LogP contribution >= 0.6 is 0 Å². The molecule has 2 fully saturated rings. The number of fused-ring (bicyclic) bond motifs is 1. The number of phenolic OH excluding ortho intramolecular Hbond substituents is 4. The molecule has 0 spiro atoms. The van der Waals surface area contributed by atoms with E-state index >= 15 is 0 Å². The van der Waals surface area contributed by atoms with Crippen molar-refractivity contribution in [1.29, 1.82) is 0 Å². The van der Waals surface area contributed by atoms with Crippen molar-refractivity contribution in [2.45, 2.75) is 66.8 Å². The topological polar surface area (TPSA) is 332 Å². The third kappa shape index (κ3) is 4.20. The fourth-order valence-electron chi connectivity index (χ4n) is 5.90. The van der Waals surface area contributed by atoms with Crippen LogP contribution in [0.3, 0.4) is 0 Å². The summed E-state index contributed by atoms with van der Waals surface area (Å²) in [5.74, 6) is -10.0. The van der Waals surface area contributed by atoms with Crippen molar-refractivity contribution in [3.8, 4) is 40.1 Å². The lowest BCUT2D eigenvalue weighted by atomic mass is 9.62. The van der Waals surface area contributed by atoms with Crippen molar-refractivity contribution in [3.63, 3.8) is 0 Å². The predicted molar refractivity (Wildman–Crippen MR) is 143 cm³/mol. The van der Waals surface area contributed by atoms with E-state index in [0.717, 1.165) is 25.1 Å². The standard InChI is InChI=1S/C27H30O18/c1-7-16(32)22(37)25(40,24(39)43-7)26(41)23(38)17(33)13(6-28)45-27(26,42)15-11(31)5-12-14(18(15)34)19(35)20(36)21(44-12)8-2-3-9(29)10(30)4-8/h2-5,7,13,16-17,22-24,28-34,36-42H,6H2,1H3/t7-,13+,16-,17+,22+,23-,24?,25+,26+,27?/m0/s1. The number of ether oxygens (including phenoxy) is 2. The molecule has 0 bridgehead atoms. The Morgan fingerprint density at radius 2 is 1.47 bits per heavy atom. The van der Waals surface area contributed by atoms with E-state index in [1.165, 1.54) is 0 Å². The van der Waals surface area contributed by atoms with E-state index in [1.807, 2.05) is 0 Å². The van der Waals surface area contributed by atoms with E-state index < -0.39 is 123 Å². The summed E-state index contributed by atoms with van der Waals surface area (Å²) in [6, 6.07) is 3.53. The molecule has 2 aliphatic rings. The van der Waals surface area contributed by atoms with Crippen molar-refractivity contribution < 1.29 is 85.4 Å². The number of aliphatic hydroxyl groups is 9. The van der Waals surface area contributed by atoms with Crippen LogP contribution in [0.25, 0.3) is 22.3 Å². The average Bonchev–Trinajstić information content (AvgIpc) is 2.98. The lowest BCUT2D eigenvalue weighted by Gasteiger charge is -2.62. The zero-order valence-corrected chi connectivity index (χ0v) is 23.0. The second kappa shape index (κ2) is 10.6.